The maximum atomic E-state index is 2.60. The quantitative estimate of drug-likeness (QED) is 0.162. The number of anilines is 3. The molecule has 0 amide bonds. The second kappa shape index (κ2) is 14.0. The lowest BCUT2D eigenvalue weighted by Gasteiger charge is -2.41. The molecule has 0 heterocycles. The standard InChI is InChI=1S/C62H49N/c1-61(39-41-27-28-42(37-41)40-61)58-25-13-14-26-60(58)63(45-31-29-44(30-32-45)48-36-35-47(43-15-3-2-4-16-43)49-17-5-6-18-50(48)49)46-33-34-54-53-21-9-12-24-57(53)62(59(54)38-46)55-22-10-7-19-51(55)52-20-8-11-23-56(52)62/h2-26,29-36,38,41-42H,27-28,37,39-40H2,1H3/t41-,42?,61?/m0/s1. The molecule has 9 aromatic carbocycles. The molecule has 0 radical (unpaired) electrons. The summed E-state index contributed by atoms with van der Waals surface area (Å²) in [5.41, 5.74) is 20.7. The van der Waals surface area contributed by atoms with Gasteiger partial charge in [0, 0.05) is 17.1 Å². The van der Waals surface area contributed by atoms with E-state index in [0.717, 1.165) is 11.8 Å². The van der Waals surface area contributed by atoms with Gasteiger partial charge in [-0.25, -0.2) is 0 Å². The van der Waals surface area contributed by atoms with Crippen molar-refractivity contribution in [1.29, 1.82) is 0 Å². The predicted octanol–water partition coefficient (Wildman–Crippen LogP) is 16.5. The van der Waals surface area contributed by atoms with E-state index in [1.165, 1.54) is 132 Å². The van der Waals surface area contributed by atoms with E-state index in [1.54, 1.807) is 0 Å². The Balaban J connectivity index is 1.01. The molecular weight excluding hydrogens is 759 g/mol. The van der Waals surface area contributed by atoms with Crippen LogP contribution in [0.2, 0.25) is 0 Å². The molecule has 3 atom stereocenters. The highest BCUT2D eigenvalue weighted by atomic mass is 15.1. The van der Waals surface area contributed by atoms with Crippen molar-refractivity contribution in [2.45, 2.75) is 49.9 Å². The number of rotatable bonds is 6. The van der Waals surface area contributed by atoms with Crippen molar-refractivity contribution < 1.29 is 0 Å². The first-order valence-electron chi connectivity index (χ1n) is 23.1. The van der Waals surface area contributed by atoms with Crippen LogP contribution >= 0.6 is 0 Å². The van der Waals surface area contributed by atoms with E-state index in [-0.39, 0.29) is 5.41 Å². The molecule has 0 aromatic heterocycles. The minimum absolute atomic E-state index is 0.107. The van der Waals surface area contributed by atoms with Gasteiger partial charge in [0.15, 0.2) is 0 Å². The van der Waals surface area contributed by atoms with Crippen LogP contribution in [0.15, 0.2) is 206 Å². The maximum Gasteiger partial charge on any atom is 0.0726 e. The van der Waals surface area contributed by atoms with Gasteiger partial charge in [-0.3, -0.25) is 0 Å². The van der Waals surface area contributed by atoms with Crippen molar-refractivity contribution in [1.82, 2.24) is 0 Å². The van der Waals surface area contributed by atoms with Gasteiger partial charge in [0.05, 0.1) is 5.41 Å². The van der Waals surface area contributed by atoms with Crippen LogP contribution in [0, 0.1) is 11.8 Å². The highest BCUT2D eigenvalue weighted by Gasteiger charge is 2.52. The molecular formula is C62H49N. The topological polar surface area (TPSA) is 3.24 Å². The highest BCUT2D eigenvalue weighted by molar-refractivity contribution is 6.05. The summed E-state index contributed by atoms with van der Waals surface area (Å²) in [6.45, 7) is 2.57. The van der Waals surface area contributed by atoms with Crippen molar-refractivity contribution >= 4 is 27.8 Å². The smallest absolute Gasteiger partial charge is 0.0726 e. The summed E-state index contributed by atoms with van der Waals surface area (Å²) in [7, 11) is 0. The van der Waals surface area contributed by atoms with E-state index >= 15 is 0 Å². The lowest BCUT2D eigenvalue weighted by Crippen LogP contribution is -2.32. The zero-order chi connectivity index (χ0) is 41.7. The molecule has 1 heteroatoms. The fourth-order valence-electron chi connectivity index (χ4n) is 13.2. The number of benzene rings is 9. The van der Waals surface area contributed by atoms with E-state index in [0.29, 0.717) is 0 Å². The highest BCUT2D eigenvalue weighted by Crippen LogP contribution is 2.63. The fourth-order valence-corrected chi connectivity index (χ4v) is 13.2. The van der Waals surface area contributed by atoms with Gasteiger partial charge in [-0.05, 0) is 150 Å². The number of fused-ring (bicyclic) bond motifs is 13. The Bertz CT molecular complexity index is 3170. The average Bonchev–Trinajstić information content (AvgIpc) is 3.96. The maximum absolute atomic E-state index is 2.60. The average molecular weight is 808 g/mol. The third kappa shape index (κ3) is 5.42. The SMILES string of the molecule is CC1(c2ccccc2N(c2ccc(-c3ccc(-c4ccccc4)c4ccccc34)cc2)c2ccc3c(c2)C2(c4ccccc4-c4ccccc42)c2ccccc2-3)CC2CC[C@@H](C2)C1. The number of nitrogens with zero attached hydrogens (tertiary/aromatic N) is 1. The summed E-state index contributed by atoms with van der Waals surface area (Å²) in [4.78, 5) is 2.60. The van der Waals surface area contributed by atoms with E-state index < -0.39 is 5.41 Å². The van der Waals surface area contributed by atoms with E-state index in [2.05, 4.69) is 218 Å². The molecule has 1 nitrogen and oxygen atoms in total. The summed E-state index contributed by atoms with van der Waals surface area (Å²) in [6.07, 6.45) is 6.68. The molecule has 2 unspecified atom stereocenters. The van der Waals surface area contributed by atoms with Gasteiger partial charge >= 0.3 is 0 Å². The Labute approximate surface area is 371 Å². The lowest BCUT2D eigenvalue weighted by atomic mass is 9.66. The van der Waals surface area contributed by atoms with Gasteiger partial charge in [0.1, 0.15) is 0 Å². The van der Waals surface area contributed by atoms with Crippen LogP contribution in [0.5, 0.6) is 0 Å². The molecule has 4 aliphatic carbocycles. The molecule has 2 fully saturated rings. The van der Waals surface area contributed by atoms with E-state index in [1.807, 2.05) is 0 Å². The third-order valence-electron chi connectivity index (χ3n) is 15.6. The normalized spacial score (nSPS) is 19.7. The Morgan fingerprint density at radius 3 is 1.41 bits per heavy atom. The van der Waals surface area contributed by atoms with Gasteiger partial charge in [0.25, 0.3) is 0 Å². The molecule has 0 N–H and O–H groups in total. The van der Waals surface area contributed by atoms with Crippen LogP contribution in [0.4, 0.5) is 17.1 Å². The Morgan fingerprint density at radius 1 is 0.381 bits per heavy atom. The van der Waals surface area contributed by atoms with Crippen molar-refractivity contribution in [3.63, 3.8) is 0 Å². The Morgan fingerprint density at radius 2 is 0.825 bits per heavy atom. The summed E-state index contributed by atoms with van der Waals surface area (Å²) in [6, 6.07) is 78.0. The molecule has 302 valence electrons. The van der Waals surface area contributed by atoms with Crippen LogP contribution in [0.3, 0.4) is 0 Å². The second-order valence-electron chi connectivity index (χ2n) is 19.1. The molecule has 2 saturated carbocycles. The summed E-state index contributed by atoms with van der Waals surface area (Å²) >= 11 is 0. The van der Waals surface area contributed by atoms with E-state index in [4.69, 9.17) is 0 Å². The van der Waals surface area contributed by atoms with Crippen molar-refractivity contribution in [3.8, 4) is 44.5 Å². The van der Waals surface area contributed by atoms with Crippen LogP contribution in [0.25, 0.3) is 55.3 Å². The largest absolute Gasteiger partial charge is 0.310 e. The Hall–Kier alpha value is -6.96. The van der Waals surface area contributed by atoms with Gasteiger partial charge in [0.2, 0.25) is 0 Å². The molecule has 0 saturated heterocycles. The second-order valence-corrected chi connectivity index (χ2v) is 19.1. The third-order valence-corrected chi connectivity index (χ3v) is 15.6. The number of hydrogen-bond acceptors (Lipinski definition) is 1. The first kappa shape index (κ1) is 36.7. The van der Waals surface area contributed by atoms with Gasteiger partial charge in [-0.2, -0.15) is 0 Å². The van der Waals surface area contributed by atoms with Crippen LogP contribution in [-0.2, 0) is 10.8 Å². The van der Waals surface area contributed by atoms with Crippen molar-refractivity contribution in [3.05, 3.63) is 234 Å². The molecule has 63 heavy (non-hydrogen) atoms. The first-order chi connectivity index (χ1) is 31.1. The van der Waals surface area contributed by atoms with Crippen molar-refractivity contribution in [2.75, 3.05) is 4.90 Å². The van der Waals surface area contributed by atoms with Crippen molar-refractivity contribution in [2.24, 2.45) is 11.8 Å². The first-order valence-corrected chi connectivity index (χ1v) is 23.1. The molecule has 4 aliphatic rings. The van der Waals surface area contributed by atoms with Crippen LogP contribution < -0.4 is 4.90 Å². The van der Waals surface area contributed by atoms with Gasteiger partial charge < -0.3 is 4.90 Å². The molecule has 9 aromatic rings. The van der Waals surface area contributed by atoms with Gasteiger partial charge in [-0.15, -0.1) is 0 Å². The van der Waals surface area contributed by atoms with Crippen LogP contribution in [-0.4, -0.2) is 0 Å². The minimum Gasteiger partial charge on any atom is -0.310 e. The summed E-state index contributed by atoms with van der Waals surface area (Å²) in [5, 5.41) is 2.55. The minimum atomic E-state index is -0.411. The summed E-state index contributed by atoms with van der Waals surface area (Å²) < 4.78 is 0. The summed E-state index contributed by atoms with van der Waals surface area (Å²) in [5.74, 6) is 1.64. The molecule has 13 rings (SSSR count). The fraction of sp³-hybridized carbons (Fsp3) is 0.161. The monoisotopic (exact) mass is 807 g/mol. The molecule has 0 aliphatic heterocycles. The predicted molar refractivity (Wildman–Crippen MR) is 263 cm³/mol. The number of hydrogen-bond donors (Lipinski definition) is 0. The zero-order valence-electron chi connectivity index (χ0n) is 35.8. The number of para-hydroxylation sites is 1. The lowest BCUT2D eigenvalue weighted by molar-refractivity contribution is 0.232. The molecule has 1 spiro atoms. The van der Waals surface area contributed by atoms with Crippen LogP contribution in [0.1, 0.15) is 66.8 Å². The van der Waals surface area contributed by atoms with E-state index in [9.17, 15) is 0 Å². The Kier molecular flexibility index (Phi) is 8.17. The van der Waals surface area contributed by atoms with Gasteiger partial charge in [-0.1, -0.05) is 196 Å². The zero-order valence-corrected chi connectivity index (χ0v) is 35.8. The molecule has 2 bridgehead atoms.